The molecule has 1 heterocycles. The number of β-amino-alcohol motifs (C(OH)–C–C–N with tert-alkyl or cyclic N) is 1. The molecule has 2 N–H and O–H groups in total. The minimum absolute atomic E-state index is 0.102. The van der Waals surface area contributed by atoms with Crippen LogP contribution in [-0.4, -0.2) is 63.8 Å². The number of aliphatic hydroxyl groups is 1. The van der Waals surface area contributed by atoms with E-state index < -0.39 is 18.1 Å². The van der Waals surface area contributed by atoms with Gasteiger partial charge in [-0.3, -0.25) is 0 Å². The van der Waals surface area contributed by atoms with Crippen LogP contribution < -0.4 is 0 Å². The van der Waals surface area contributed by atoms with Crippen molar-refractivity contribution in [3.05, 3.63) is 0 Å². The van der Waals surface area contributed by atoms with Crippen LogP contribution in [0.15, 0.2) is 0 Å². The second kappa shape index (κ2) is 6.04. The first-order chi connectivity index (χ1) is 8.36. The van der Waals surface area contributed by atoms with Crippen molar-refractivity contribution < 1.29 is 19.8 Å². The van der Waals surface area contributed by atoms with Gasteiger partial charge in [0.2, 0.25) is 0 Å². The molecule has 1 aliphatic rings. The summed E-state index contributed by atoms with van der Waals surface area (Å²) in [7, 11) is 0. The molecule has 1 saturated heterocycles. The number of hydrogen-bond donors (Lipinski definition) is 2. The minimum atomic E-state index is -1.06. The Balaban J connectivity index is 2.77. The molecule has 0 aromatic heterocycles. The third-order valence-electron chi connectivity index (χ3n) is 3.05. The third-order valence-corrected chi connectivity index (χ3v) is 3.05. The van der Waals surface area contributed by atoms with Crippen LogP contribution in [0.25, 0.3) is 0 Å². The van der Waals surface area contributed by atoms with Crippen LogP contribution in [0.2, 0.25) is 0 Å². The van der Waals surface area contributed by atoms with E-state index in [1.807, 2.05) is 20.8 Å². The lowest BCUT2D eigenvalue weighted by atomic mass is 10.2. The fourth-order valence-corrected chi connectivity index (χ4v) is 2.22. The lowest BCUT2D eigenvalue weighted by molar-refractivity contribution is -0.141. The fraction of sp³-hybridized carbons (Fsp3) is 0.833. The molecule has 2 unspecified atom stereocenters. The first-order valence-corrected chi connectivity index (χ1v) is 6.33. The average Bonchev–Trinajstić information content (AvgIpc) is 2.67. The minimum Gasteiger partial charge on any atom is -0.480 e. The van der Waals surface area contributed by atoms with Gasteiger partial charge in [-0.05, 0) is 12.8 Å². The quantitative estimate of drug-likeness (QED) is 0.774. The number of urea groups is 1. The summed E-state index contributed by atoms with van der Waals surface area (Å²) in [4.78, 5) is 26.2. The van der Waals surface area contributed by atoms with E-state index in [-0.39, 0.29) is 19.0 Å². The number of aliphatic hydroxyl groups excluding tert-OH is 1. The molecule has 18 heavy (non-hydrogen) atoms. The summed E-state index contributed by atoms with van der Waals surface area (Å²) in [5, 5.41) is 18.6. The maximum atomic E-state index is 12.2. The average molecular weight is 258 g/mol. The van der Waals surface area contributed by atoms with Gasteiger partial charge >= 0.3 is 12.0 Å². The standard InChI is InChI=1S/C12H22N2O4/c1-4-13(6-8(2)3)12(18)14-7-9(15)5-10(14)11(16)17/h8-10,15H,4-7H2,1-3H3,(H,16,17). The van der Waals surface area contributed by atoms with E-state index in [9.17, 15) is 14.7 Å². The molecule has 0 aromatic carbocycles. The number of hydrogen-bond acceptors (Lipinski definition) is 3. The molecule has 2 amide bonds. The van der Waals surface area contributed by atoms with E-state index in [2.05, 4.69) is 0 Å². The zero-order valence-electron chi connectivity index (χ0n) is 11.2. The van der Waals surface area contributed by atoms with Gasteiger partial charge in [0.15, 0.2) is 0 Å². The molecule has 0 bridgehead atoms. The van der Waals surface area contributed by atoms with Crippen LogP contribution in [-0.2, 0) is 4.79 Å². The Bertz CT molecular complexity index is 319. The summed E-state index contributed by atoms with van der Waals surface area (Å²) in [5.74, 6) is -0.731. The van der Waals surface area contributed by atoms with E-state index in [1.165, 1.54) is 4.90 Å². The van der Waals surface area contributed by atoms with Gasteiger partial charge in [-0.2, -0.15) is 0 Å². The monoisotopic (exact) mass is 258 g/mol. The molecule has 0 spiro atoms. The Labute approximate surface area is 107 Å². The molecule has 1 fully saturated rings. The van der Waals surface area contributed by atoms with Gasteiger partial charge in [-0.1, -0.05) is 13.8 Å². The van der Waals surface area contributed by atoms with Gasteiger partial charge in [0.25, 0.3) is 0 Å². The molecule has 6 heteroatoms. The highest BCUT2D eigenvalue weighted by Gasteiger charge is 2.40. The summed E-state index contributed by atoms with van der Waals surface area (Å²) in [6, 6.07) is -1.20. The number of likely N-dealkylation sites (tertiary alicyclic amines) is 1. The van der Waals surface area contributed by atoms with Gasteiger partial charge in [-0.15, -0.1) is 0 Å². The van der Waals surface area contributed by atoms with Crippen molar-refractivity contribution in [1.29, 1.82) is 0 Å². The molecule has 0 aliphatic carbocycles. The van der Waals surface area contributed by atoms with Gasteiger partial charge in [0.1, 0.15) is 6.04 Å². The summed E-state index contributed by atoms with van der Waals surface area (Å²) in [5.41, 5.74) is 0. The van der Waals surface area contributed by atoms with Crippen LogP contribution in [0.3, 0.4) is 0 Å². The number of amides is 2. The first kappa shape index (κ1) is 14.8. The molecule has 1 aliphatic heterocycles. The van der Waals surface area contributed by atoms with Crippen molar-refractivity contribution in [2.45, 2.75) is 39.3 Å². The van der Waals surface area contributed by atoms with E-state index in [0.717, 1.165) is 0 Å². The lowest BCUT2D eigenvalue weighted by Crippen LogP contribution is -2.49. The summed E-state index contributed by atoms with van der Waals surface area (Å²) in [6.07, 6.45) is -0.631. The normalized spacial score (nSPS) is 23.5. The molecule has 0 aromatic rings. The highest BCUT2D eigenvalue weighted by atomic mass is 16.4. The van der Waals surface area contributed by atoms with Crippen LogP contribution in [0, 0.1) is 5.92 Å². The highest BCUT2D eigenvalue weighted by Crippen LogP contribution is 2.20. The SMILES string of the molecule is CCN(CC(C)C)C(=O)N1CC(O)CC1C(=O)O. The van der Waals surface area contributed by atoms with Crippen LogP contribution in [0.5, 0.6) is 0 Å². The van der Waals surface area contributed by atoms with Gasteiger partial charge in [-0.25, -0.2) is 9.59 Å². The van der Waals surface area contributed by atoms with Crippen molar-refractivity contribution in [2.24, 2.45) is 5.92 Å². The van der Waals surface area contributed by atoms with Crippen molar-refractivity contribution >= 4 is 12.0 Å². The van der Waals surface area contributed by atoms with Gasteiger partial charge in [0, 0.05) is 26.1 Å². The number of aliphatic carboxylic acids is 1. The van der Waals surface area contributed by atoms with Crippen molar-refractivity contribution in [3.63, 3.8) is 0 Å². The molecule has 1 rings (SSSR count). The molecule has 0 saturated carbocycles. The molecular formula is C12H22N2O4. The third kappa shape index (κ3) is 3.35. The van der Waals surface area contributed by atoms with E-state index in [1.54, 1.807) is 4.90 Å². The number of carbonyl (C=O) groups is 2. The Morgan fingerprint density at radius 1 is 1.44 bits per heavy atom. The second-order valence-electron chi connectivity index (χ2n) is 5.11. The van der Waals surface area contributed by atoms with Gasteiger partial charge < -0.3 is 20.0 Å². The predicted molar refractivity (Wildman–Crippen MR) is 66.2 cm³/mol. The Morgan fingerprint density at radius 2 is 2.06 bits per heavy atom. The number of nitrogens with zero attached hydrogens (tertiary/aromatic N) is 2. The number of rotatable bonds is 4. The fourth-order valence-electron chi connectivity index (χ4n) is 2.22. The number of carboxylic acids is 1. The van der Waals surface area contributed by atoms with E-state index in [4.69, 9.17) is 5.11 Å². The second-order valence-corrected chi connectivity index (χ2v) is 5.11. The largest absolute Gasteiger partial charge is 0.480 e. The van der Waals surface area contributed by atoms with Crippen LogP contribution in [0.1, 0.15) is 27.2 Å². The number of carboxylic acid groups (broad SMARTS) is 1. The first-order valence-electron chi connectivity index (χ1n) is 6.33. The Morgan fingerprint density at radius 3 is 2.50 bits per heavy atom. The van der Waals surface area contributed by atoms with Crippen molar-refractivity contribution in [3.8, 4) is 0 Å². The zero-order chi connectivity index (χ0) is 13.9. The zero-order valence-corrected chi connectivity index (χ0v) is 11.2. The smallest absolute Gasteiger partial charge is 0.326 e. The van der Waals surface area contributed by atoms with Gasteiger partial charge in [0.05, 0.1) is 6.10 Å². The Hall–Kier alpha value is -1.30. The topological polar surface area (TPSA) is 81.1 Å². The maximum Gasteiger partial charge on any atom is 0.326 e. The molecule has 6 nitrogen and oxygen atoms in total. The van der Waals surface area contributed by atoms with Crippen LogP contribution in [0.4, 0.5) is 4.79 Å². The molecule has 0 radical (unpaired) electrons. The summed E-state index contributed by atoms with van der Waals surface area (Å²) >= 11 is 0. The molecule has 104 valence electrons. The number of carbonyl (C=O) groups excluding carboxylic acids is 1. The maximum absolute atomic E-state index is 12.2. The molecular weight excluding hydrogens is 236 g/mol. The Kier molecular flexibility index (Phi) is 4.95. The van der Waals surface area contributed by atoms with Crippen LogP contribution >= 0.6 is 0 Å². The van der Waals surface area contributed by atoms with Crippen molar-refractivity contribution in [1.82, 2.24) is 9.80 Å². The summed E-state index contributed by atoms with van der Waals surface area (Å²) in [6.45, 7) is 7.10. The lowest BCUT2D eigenvalue weighted by Gasteiger charge is -2.30. The van der Waals surface area contributed by atoms with E-state index in [0.29, 0.717) is 19.0 Å². The predicted octanol–water partition coefficient (Wildman–Crippen LogP) is 0.604. The molecule has 2 atom stereocenters. The highest BCUT2D eigenvalue weighted by molar-refractivity contribution is 5.83. The summed E-state index contributed by atoms with van der Waals surface area (Å²) < 4.78 is 0. The van der Waals surface area contributed by atoms with E-state index >= 15 is 0 Å². The van der Waals surface area contributed by atoms with Crippen molar-refractivity contribution in [2.75, 3.05) is 19.6 Å².